The maximum Gasteiger partial charge on any atom is 0.242 e. The first-order chi connectivity index (χ1) is 10.2. The highest BCUT2D eigenvalue weighted by Crippen LogP contribution is 2.21. The molecule has 3 N–H and O–H groups in total. The first-order valence-electron chi connectivity index (χ1n) is 7.29. The lowest BCUT2D eigenvalue weighted by Gasteiger charge is -2.22. The van der Waals surface area contributed by atoms with Gasteiger partial charge in [0.05, 0.1) is 0 Å². The van der Waals surface area contributed by atoms with Crippen molar-refractivity contribution in [3.63, 3.8) is 0 Å². The molecule has 1 aliphatic heterocycles. The van der Waals surface area contributed by atoms with Gasteiger partial charge in [0.15, 0.2) is 0 Å². The molecule has 0 radical (unpaired) electrons. The minimum Gasteiger partial charge on any atom is -0.345 e. The van der Waals surface area contributed by atoms with Gasteiger partial charge in [-0.3, -0.25) is 0 Å². The number of hydrogen-bond acceptors (Lipinski definition) is 4. The Bertz CT molecular complexity index is 710. The van der Waals surface area contributed by atoms with Crippen molar-refractivity contribution in [3.8, 4) is 0 Å². The molecule has 122 valence electrons. The summed E-state index contributed by atoms with van der Waals surface area (Å²) in [5.74, 6) is 0.561. The molecule has 1 aliphatic rings. The van der Waals surface area contributed by atoms with Crippen molar-refractivity contribution in [2.45, 2.75) is 24.2 Å². The van der Waals surface area contributed by atoms with Crippen LogP contribution in [0.15, 0.2) is 29.4 Å². The molecule has 1 unspecified atom stereocenters. The molecule has 0 amide bonds. The number of nitrogens with zero attached hydrogens (tertiary/aromatic N) is 1. The molecule has 3 rings (SSSR count). The van der Waals surface area contributed by atoms with Crippen LogP contribution in [0.3, 0.4) is 0 Å². The van der Waals surface area contributed by atoms with Gasteiger partial charge in [0.1, 0.15) is 10.5 Å². The molecule has 1 saturated heterocycles. The van der Waals surface area contributed by atoms with Crippen molar-refractivity contribution < 1.29 is 8.42 Å². The van der Waals surface area contributed by atoms with Crippen LogP contribution in [0.1, 0.15) is 19.3 Å². The average Bonchev–Trinajstić information content (AvgIpc) is 2.93. The van der Waals surface area contributed by atoms with Crippen molar-refractivity contribution in [2.24, 2.45) is 5.92 Å². The number of H-pyrrole nitrogens is 1. The molecule has 1 atom stereocenters. The van der Waals surface area contributed by atoms with E-state index < -0.39 is 10.0 Å². The summed E-state index contributed by atoms with van der Waals surface area (Å²) in [6, 6.07) is 3.50. The second-order valence-corrected chi connectivity index (χ2v) is 7.19. The maximum absolute atomic E-state index is 12.4. The Morgan fingerprint density at radius 2 is 2.27 bits per heavy atom. The van der Waals surface area contributed by atoms with Gasteiger partial charge >= 0.3 is 0 Å². The maximum atomic E-state index is 12.4. The van der Waals surface area contributed by atoms with Gasteiger partial charge in [0.2, 0.25) is 10.0 Å². The topological polar surface area (TPSA) is 86.9 Å². The van der Waals surface area contributed by atoms with Crippen LogP contribution < -0.4 is 10.0 Å². The van der Waals surface area contributed by atoms with E-state index in [1.807, 2.05) is 0 Å². The van der Waals surface area contributed by atoms with Crippen LogP contribution in [0.5, 0.6) is 0 Å². The summed E-state index contributed by atoms with van der Waals surface area (Å²) in [6.45, 7) is 2.53. The van der Waals surface area contributed by atoms with E-state index in [0.29, 0.717) is 23.5 Å². The summed E-state index contributed by atoms with van der Waals surface area (Å²) in [6.07, 6.45) is 6.35. The minimum atomic E-state index is -3.49. The van der Waals surface area contributed by atoms with Crippen molar-refractivity contribution in [2.75, 3.05) is 19.6 Å². The van der Waals surface area contributed by atoms with E-state index in [2.05, 4.69) is 20.0 Å². The molecule has 3 heterocycles. The molecule has 8 heteroatoms. The number of hydrogen-bond donors (Lipinski definition) is 3. The number of piperidine rings is 1. The van der Waals surface area contributed by atoms with Crippen LogP contribution in [0.4, 0.5) is 0 Å². The Kier molecular flexibility index (Phi) is 5.80. The van der Waals surface area contributed by atoms with E-state index in [9.17, 15) is 8.42 Å². The number of halogens is 1. The highest BCUT2D eigenvalue weighted by Gasteiger charge is 2.20. The lowest BCUT2D eigenvalue weighted by Crippen LogP contribution is -2.33. The van der Waals surface area contributed by atoms with E-state index >= 15 is 0 Å². The molecule has 0 aliphatic carbocycles. The second kappa shape index (κ2) is 7.41. The second-order valence-electron chi connectivity index (χ2n) is 5.45. The van der Waals surface area contributed by atoms with E-state index in [1.165, 1.54) is 19.0 Å². The smallest absolute Gasteiger partial charge is 0.242 e. The van der Waals surface area contributed by atoms with Crippen LogP contribution in [-0.4, -0.2) is 38.0 Å². The van der Waals surface area contributed by atoms with Gasteiger partial charge < -0.3 is 10.3 Å². The Balaban J connectivity index is 0.00000176. The fourth-order valence-electron chi connectivity index (χ4n) is 2.80. The number of sulfonamides is 1. The Morgan fingerprint density at radius 1 is 1.41 bits per heavy atom. The third-order valence-corrected chi connectivity index (χ3v) is 5.45. The SMILES string of the molecule is Cl.O=S(=O)(NCCC1CCCNC1)c1c[nH]c2ncccc12. The van der Waals surface area contributed by atoms with Gasteiger partial charge in [-0.05, 0) is 50.4 Å². The van der Waals surface area contributed by atoms with E-state index in [0.717, 1.165) is 19.5 Å². The molecule has 22 heavy (non-hydrogen) atoms. The van der Waals surface area contributed by atoms with Crippen LogP contribution in [-0.2, 0) is 10.0 Å². The largest absolute Gasteiger partial charge is 0.345 e. The van der Waals surface area contributed by atoms with Gasteiger partial charge in [-0.2, -0.15) is 0 Å². The molecule has 2 aromatic heterocycles. The first kappa shape index (κ1) is 17.2. The van der Waals surface area contributed by atoms with Crippen LogP contribution in [0.25, 0.3) is 11.0 Å². The van der Waals surface area contributed by atoms with Crippen LogP contribution >= 0.6 is 12.4 Å². The zero-order valence-electron chi connectivity index (χ0n) is 12.2. The predicted octanol–water partition coefficient (Wildman–Crippen LogP) is 1.65. The number of aromatic nitrogens is 2. The van der Waals surface area contributed by atoms with Crippen LogP contribution in [0, 0.1) is 5.92 Å². The zero-order chi connectivity index (χ0) is 14.7. The van der Waals surface area contributed by atoms with Crippen molar-refractivity contribution in [1.82, 2.24) is 20.0 Å². The van der Waals surface area contributed by atoms with E-state index in [-0.39, 0.29) is 17.3 Å². The number of fused-ring (bicyclic) bond motifs is 1. The molecular weight excluding hydrogens is 324 g/mol. The van der Waals surface area contributed by atoms with E-state index in [4.69, 9.17) is 0 Å². The Labute approximate surface area is 136 Å². The fourth-order valence-corrected chi connectivity index (χ4v) is 4.01. The van der Waals surface area contributed by atoms with Crippen molar-refractivity contribution in [1.29, 1.82) is 0 Å². The molecule has 6 nitrogen and oxygen atoms in total. The van der Waals surface area contributed by atoms with Gasteiger partial charge in [0, 0.05) is 24.3 Å². The molecule has 1 fully saturated rings. The Morgan fingerprint density at radius 3 is 3.05 bits per heavy atom. The van der Waals surface area contributed by atoms with Gasteiger partial charge in [-0.25, -0.2) is 18.1 Å². The standard InChI is InChI=1S/C14H20N4O2S.ClH/c19-21(20,18-8-5-11-3-1-6-15-9-11)13-10-17-14-12(13)4-2-7-16-14;/h2,4,7,10-11,15,18H,1,3,5-6,8-9H2,(H,16,17);1H. The van der Waals surface area contributed by atoms with E-state index in [1.54, 1.807) is 18.3 Å². The number of nitrogens with one attached hydrogen (secondary N) is 3. The number of rotatable bonds is 5. The zero-order valence-corrected chi connectivity index (χ0v) is 13.8. The Hall–Kier alpha value is -1.15. The normalized spacial score (nSPS) is 19.0. The molecule has 0 saturated carbocycles. The van der Waals surface area contributed by atoms with Gasteiger partial charge in [-0.1, -0.05) is 0 Å². The molecule has 0 bridgehead atoms. The lowest BCUT2D eigenvalue weighted by molar-refractivity contribution is 0.358. The molecular formula is C14H21ClN4O2S. The molecule has 0 spiro atoms. The summed E-state index contributed by atoms with van der Waals surface area (Å²) in [4.78, 5) is 7.28. The summed E-state index contributed by atoms with van der Waals surface area (Å²) >= 11 is 0. The summed E-state index contributed by atoms with van der Waals surface area (Å²) in [5, 5.41) is 3.97. The van der Waals surface area contributed by atoms with Crippen molar-refractivity contribution in [3.05, 3.63) is 24.5 Å². The number of pyridine rings is 1. The predicted molar refractivity (Wildman–Crippen MR) is 88.7 cm³/mol. The number of aromatic amines is 1. The highest BCUT2D eigenvalue weighted by molar-refractivity contribution is 7.89. The third kappa shape index (κ3) is 3.78. The summed E-state index contributed by atoms with van der Waals surface area (Å²) in [5.41, 5.74) is 0.592. The van der Waals surface area contributed by atoms with Gasteiger partial charge in [-0.15, -0.1) is 12.4 Å². The lowest BCUT2D eigenvalue weighted by atomic mass is 9.96. The van der Waals surface area contributed by atoms with Gasteiger partial charge in [0.25, 0.3) is 0 Å². The fraction of sp³-hybridized carbons (Fsp3) is 0.500. The molecule has 2 aromatic rings. The highest BCUT2D eigenvalue weighted by atomic mass is 35.5. The van der Waals surface area contributed by atoms with Crippen molar-refractivity contribution >= 4 is 33.5 Å². The quantitative estimate of drug-likeness (QED) is 0.769. The summed E-state index contributed by atoms with van der Waals surface area (Å²) < 4.78 is 27.4. The third-order valence-electron chi connectivity index (χ3n) is 3.95. The average molecular weight is 345 g/mol. The molecule has 0 aromatic carbocycles. The van der Waals surface area contributed by atoms with Crippen LogP contribution in [0.2, 0.25) is 0 Å². The minimum absolute atomic E-state index is 0. The first-order valence-corrected chi connectivity index (χ1v) is 8.77. The monoisotopic (exact) mass is 344 g/mol. The summed E-state index contributed by atoms with van der Waals surface area (Å²) in [7, 11) is -3.49.